The molecule has 0 spiro atoms. The van der Waals surface area contributed by atoms with Crippen LogP contribution in [0, 0.1) is 0 Å². The fraction of sp³-hybridized carbons (Fsp3) is 0.400. The molecule has 1 aliphatic carbocycles. The number of nitrogens with one attached hydrogen (secondary N) is 1. The summed E-state index contributed by atoms with van der Waals surface area (Å²) in [6.07, 6.45) is 5.44. The van der Waals surface area contributed by atoms with Gasteiger partial charge in [-0.2, -0.15) is 0 Å². The normalized spacial score (nSPS) is 21.6. The van der Waals surface area contributed by atoms with Crippen molar-refractivity contribution in [3.8, 4) is 0 Å². The summed E-state index contributed by atoms with van der Waals surface area (Å²) < 4.78 is 1.89. The van der Waals surface area contributed by atoms with E-state index in [0.717, 1.165) is 42.3 Å². The molecule has 0 unspecified atom stereocenters. The highest BCUT2D eigenvalue weighted by atomic mass is 35.5. The van der Waals surface area contributed by atoms with E-state index < -0.39 is 5.54 Å². The van der Waals surface area contributed by atoms with E-state index in [-0.39, 0.29) is 24.4 Å². The Kier molecular flexibility index (Phi) is 5.41. The number of fused-ring (bicyclic) bond motifs is 3. The number of rotatable bonds is 4. The van der Waals surface area contributed by atoms with E-state index in [0.29, 0.717) is 17.4 Å². The van der Waals surface area contributed by atoms with E-state index >= 15 is 0 Å². The van der Waals surface area contributed by atoms with Crippen molar-refractivity contribution in [1.29, 1.82) is 0 Å². The van der Waals surface area contributed by atoms with Gasteiger partial charge in [-0.3, -0.25) is 9.59 Å². The first-order valence-corrected chi connectivity index (χ1v) is 11.7. The Labute approximate surface area is 192 Å². The van der Waals surface area contributed by atoms with E-state index in [1.165, 1.54) is 6.42 Å². The van der Waals surface area contributed by atoms with Crippen molar-refractivity contribution in [3.63, 3.8) is 0 Å². The van der Waals surface area contributed by atoms with Gasteiger partial charge in [0.15, 0.2) is 5.82 Å². The molecule has 7 heteroatoms. The molecule has 0 bridgehead atoms. The van der Waals surface area contributed by atoms with Gasteiger partial charge in [0.05, 0.1) is 17.6 Å². The van der Waals surface area contributed by atoms with Crippen LogP contribution in [-0.4, -0.2) is 37.8 Å². The monoisotopic (exact) mass is 450 g/mol. The lowest BCUT2D eigenvalue weighted by atomic mass is 9.91. The molecule has 1 fully saturated rings. The Morgan fingerprint density at radius 3 is 2.62 bits per heavy atom. The third-order valence-corrected chi connectivity index (χ3v) is 7.24. The van der Waals surface area contributed by atoms with Crippen LogP contribution in [0.15, 0.2) is 48.5 Å². The number of imidazole rings is 1. The number of aromatic nitrogens is 2. The number of carbonyl (C=O) groups excluding carboxylic acids is 2. The van der Waals surface area contributed by atoms with Crippen LogP contribution in [0.2, 0.25) is 5.02 Å². The summed E-state index contributed by atoms with van der Waals surface area (Å²) in [6.45, 7) is 2.45. The van der Waals surface area contributed by atoms with Crippen LogP contribution < -0.4 is 5.32 Å². The molecule has 2 aromatic carbocycles. The average Bonchev–Trinajstić information content (AvgIpc) is 3.17. The van der Waals surface area contributed by atoms with Crippen LogP contribution in [0.1, 0.15) is 55.2 Å². The van der Waals surface area contributed by atoms with Crippen molar-refractivity contribution in [2.45, 2.75) is 63.7 Å². The lowest BCUT2D eigenvalue weighted by Gasteiger charge is -2.44. The molecule has 0 saturated heterocycles. The molecule has 1 saturated carbocycles. The zero-order chi connectivity index (χ0) is 22.3. The molecular weight excluding hydrogens is 424 g/mol. The molecule has 2 aliphatic rings. The van der Waals surface area contributed by atoms with Crippen molar-refractivity contribution < 1.29 is 9.59 Å². The Morgan fingerprint density at radius 1 is 1.12 bits per heavy atom. The number of amides is 2. The number of hydrogen-bond donors (Lipinski definition) is 1. The van der Waals surface area contributed by atoms with Crippen LogP contribution in [0.5, 0.6) is 0 Å². The summed E-state index contributed by atoms with van der Waals surface area (Å²) in [7, 11) is 0. The molecule has 32 heavy (non-hydrogen) atoms. The fourth-order valence-corrected chi connectivity index (χ4v) is 5.16. The van der Waals surface area contributed by atoms with Crippen LogP contribution in [0.3, 0.4) is 0 Å². The minimum atomic E-state index is -1.07. The number of para-hydroxylation sites is 2. The SMILES string of the molecule is C[C@@]1(C(=O)NC2CCCCC2)Cn2c(nc3ccccc32)C(=O)N1Cc1ccccc1Cl. The summed E-state index contributed by atoms with van der Waals surface area (Å²) in [5.41, 5.74) is 1.36. The van der Waals surface area contributed by atoms with E-state index in [1.54, 1.807) is 11.0 Å². The number of hydrogen-bond acceptors (Lipinski definition) is 3. The standard InChI is InChI=1S/C25H27ClN4O2/c1-25(24(32)27-18-10-3-2-4-11-18)16-29-21-14-8-7-13-20(21)28-22(29)23(31)30(25)15-17-9-5-6-12-19(17)26/h5-9,12-14,18H,2-4,10-11,15-16H2,1H3,(H,27,32)/t25-/m0/s1. The second-order valence-corrected chi connectivity index (χ2v) is 9.48. The van der Waals surface area contributed by atoms with E-state index in [4.69, 9.17) is 11.6 Å². The minimum Gasteiger partial charge on any atom is -0.351 e. The summed E-state index contributed by atoms with van der Waals surface area (Å²) in [6, 6.07) is 15.3. The number of halogens is 1. The highest BCUT2D eigenvalue weighted by molar-refractivity contribution is 6.31. The van der Waals surface area contributed by atoms with Crippen LogP contribution in [0.25, 0.3) is 11.0 Å². The Balaban J connectivity index is 1.56. The largest absolute Gasteiger partial charge is 0.351 e. The quantitative estimate of drug-likeness (QED) is 0.633. The number of nitrogens with zero attached hydrogens (tertiary/aromatic N) is 3. The van der Waals surface area contributed by atoms with Crippen LogP contribution in [-0.2, 0) is 17.9 Å². The first kappa shape index (κ1) is 21.0. The molecule has 6 nitrogen and oxygen atoms in total. The van der Waals surface area contributed by atoms with Crippen molar-refractivity contribution in [3.05, 3.63) is 64.9 Å². The smallest absolute Gasteiger partial charge is 0.291 e. The van der Waals surface area contributed by atoms with Crippen molar-refractivity contribution in [2.24, 2.45) is 0 Å². The molecule has 2 amide bonds. The molecular formula is C25H27ClN4O2. The van der Waals surface area contributed by atoms with Gasteiger partial charge in [0.25, 0.3) is 5.91 Å². The maximum atomic E-state index is 13.7. The third-order valence-electron chi connectivity index (χ3n) is 6.87. The van der Waals surface area contributed by atoms with Gasteiger partial charge in [-0.15, -0.1) is 0 Å². The Bertz CT molecular complexity index is 1180. The topological polar surface area (TPSA) is 67.2 Å². The third kappa shape index (κ3) is 3.56. The van der Waals surface area contributed by atoms with Gasteiger partial charge in [0.2, 0.25) is 5.91 Å². The molecule has 5 rings (SSSR count). The van der Waals surface area contributed by atoms with Gasteiger partial charge in [0.1, 0.15) is 5.54 Å². The van der Waals surface area contributed by atoms with E-state index in [2.05, 4.69) is 10.3 Å². The fourth-order valence-electron chi connectivity index (χ4n) is 4.96. The predicted octanol–water partition coefficient (Wildman–Crippen LogP) is 4.55. The van der Waals surface area contributed by atoms with Gasteiger partial charge in [0, 0.05) is 17.6 Å². The summed E-state index contributed by atoms with van der Waals surface area (Å²) in [5.74, 6) is -0.0110. The molecule has 2 heterocycles. The second-order valence-electron chi connectivity index (χ2n) is 9.08. The number of carbonyl (C=O) groups is 2. The molecule has 1 aromatic heterocycles. The molecule has 0 radical (unpaired) electrons. The van der Waals surface area contributed by atoms with Crippen molar-refractivity contribution >= 4 is 34.4 Å². The summed E-state index contributed by atoms with van der Waals surface area (Å²) in [4.78, 5) is 33.7. The average molecular weight is 451 g/mol. The van der Waals surface area contributed by atoms with Crippen molar-refractivity contribution in [2.75, 3.05) is 0 Å². The predicted molar refractivity (Wildman–Crippen MR) is 124 cm³/mol. The van der Waals surface area contributed by atoms with Crippen LogP contribution in [0.4, 0.5) is 0 Å². The first-order valence-electron chi connectivity index (χ1n) is 11.3. The Morgan fingerprint density at radius 2 is 1.84 bits per heavy atom. The molecule has 3 aromatic rings. The van der Waals surface area contributed by atoms with Gasteiger partial charge in [-0.25, -0.2) is 4.98 Å². The van der Waals surface area contributed by atoms with E-state index in [1.807, 2.05) is 54.0 Å². The lowest BCUT2D eigenvalue weighted by molar-refractivity contribution is -0.134. The molecule has 1 atom stereocenters. The van der Waals surface area contributed by atoms with Crippen LogP contribution >= 0.6 is 11.6 Å². The lowest BCUT2D eigenvalue weighted by Crippen LogP contribution is -2.64. The minimum absolute atomic E-state index is 0.117. The maximum Gasteiger partial charge on any atom is 0.291 e. The van der Waals surface area contributed by atoms with Crippen molar-refractivity contribution in [1.82, 2.24) is 19.8 Å². The van der Waals surface area contributed by atoms with Gasteiger partial charge < -0.3 is 14.8 Å². The zero-order valence-corrected chi connectivity index (χ0v) is 18.9. The molecule has 166 valence electrons. The second kappa shape index (κ2) is 8.24. The van der Waals surface area contributed by atoms with Gasteiger partial charge >= 0.3 is 0 Å². The van der Waals surface area contributed by atoms with E-state index in [9.17, 15) is 9.59 Å². The summed E-state index contributed by atoms with van der Waals surface area (Å²) in [5, 5.41) is 3.83. The highest BCUT2D eigenvalue weighted by Gasteiger charge is 2.49. The van der Waals surface area contributed by atoms with Gasteiger partial charge in [-0.05, 0) is 43.5 Å². The number of benzene rings is 2. The first-order chi connectivity index (χ1) is 15.5. The van der Waals surface area contributed by atoms with Gasteiger partial charge in [-0.1, -0.05) is 61.2 Å². The Hall–Kier alpha value is -2.86. The summed E-state index contributed by atoms with van der Waals surface area (Å²) >= 11 is 6.42. The molecule has 1 N–H and O–H groups in total. The zero-order valence-electron chi connectivity index (χ0n) is 18.2. The maximum absolute atomic E-state index is 13.7. The molecule has 1 aliphatic heterocycles. The highest BCUT2D eigenvalue weighted by Crippen LogP contribution is 2.33.